The quantitative estimate of drug-likeness (QED) is 0.416. The maximum atomic E-state index is 9.26. The molecule has 11 heavy (non-hydrogen) atoms. The predicted molar refractivity (Wildman–Crippen MR) is 47.3 cm³/mol. The molecular weight excluding hydrogens is 453 g/mol. The average Bonchev–Trinajstić information content (AvgIpc) is 1.12. The molecule has 0 saturated heterocycles. The summed E-state index contributed by atoms with van der Waals surface area (Å²) in [5, 5.41) is 0. The van der Waals surface area contributed by atoms with Crippen molar-refractivity contribution in [2.24, 2.45) is 0 Å². The Hall–Kier alpha value is 2.16. The molecule has 0 aliphatic heterocycles. The summed E-state index contributed by atoms with van der Waals surface area (Å²) in [5.41, 5.74) is 0. The second kappa shape index (κ2) is 7.55. The van der Waals surface area contributed by atoms with Gasteiger partial charge in [-0.05, 0) is 0 Å². The topological polar surface area (TPSA) is 92.2 Å². The van der Waals surface area contributed by atoms with Crippen LogP contribution in [0.5, 0.6) is 0 Å². The summed E-state index contributed by atoms with van der Waals surface area (Å²) in [6, 6.07) is 0. The monoisotopic (exact) mass is 453 g/mol. The van der Waals surface area contributed by atoms with Crippen molar-refractivity contribution in [3.05, 3.63) is 0 Å². The molecule has 0 amide bonds. The first-order valence-electron chi connectivity index (χ1n) is 1.33. The molecule has 0 aromatic heterocycles. The molecule has 0 heterocycles. The fourth-order valence-electron chi connectivity index (χ4n) is 0. The fraction of sp³-hybridized carbons (Fsp3) is 0. The van der Waals surface area contributed by atoms with E-state index in [9.17, 15) is 18.2 Å². The van der Waals surface area contributed by atoms with Gasteiger partial charge in [0.2, 0.25) is 0 Å². The van der Waals surface area contributed by atoms with Crippen molar-refractivity contribution in [1.29, 1.82) is 0 Å². The molecule has 71 valence electrons. The van der Waals surface area contributed by atoms with Crippen LogP contribution < -0.4 is 0 Å². The molecule has 0 spiro atoms. The third-order valence-corrected chi connectivity index (χ3v) is 0. The van der Waals surface area contributed by atoms with Crippen LogP contribution in [0.4, 0.5) is 0 Å². The molecule has 0 unspecified atom stereocenters. The Bertz CT molecular complexity index is 211. The van der Waals surface area contributed by atoms with E-state index in [0.717, 1.165) is 0 Å². The molecule has 0 bridgehead atoms. The standard InChI is InChI=1S/Au.2H2O2S3/c;2*1-5(2,3)4/h;2*(H2,1,2,3,4)/q+4;;/p-4. The number of rotatable bonds is 0. The minimum atomic E-state index is -3.50. The van der Waals surface area contributed by atoms with Crippen LogP contribution in [-0.4, -0.2) is 18.2 Å². The normalized spacial score (nSPS) is 10.5. The molecule has 0 fully saturated rings. The summed E-state index contributed by atoms with van der Waals surface area (Å²) in [7, 11) is -7.00. The van der Waals surface area contributed by atoms with E-state index in [4.69, 9.17) is 0 Å². The second-order valence-corrected chi connectivity index (χ2v) is 8.98. The van der Waals surface area contributed by atoms with E-state index in [1.54, 1.807) is 0 Å². The van der Waals surface area contributed by atoms with Crippen molar-refractivity contribution in [2.45, 2.75) is 0 Å². The predicted octanol–water partition coefficient (Wildman–Crippen LogP) is -1.35. The van der Waals surface area contributed by atoms with Crippen molar-refractivity contribution >= 4 is 60.2 Å². The zero-order valence-electron chi connectivity index (χ0n) is 4.38. The maximum Gasteiger partial charge on any atom is 4.00 e. The van der Waals surface area contributed by atoms with E-state index in [0.29, 0.717) is 0 Å². The molecule has 0 aliphatic rings. The summed E-state index contributed by atoms with van der Waals surface area (Å²) in [6.45, 7) is 0. The minimum Gasteiger partial charge on any atom is -0.801 e. The molecular formula is AuO4S6. The van der Waals surface area contributed by atoms with E-state index in [2.05, 4.69) is 44.8 Å². The van der Waals surface area contributed by atoms with Crippen molar-refractivity contribution in [2.75, 3.05) is 0 Å². The summed E-state index contributed by atoms with van der Waals surface area (Å²) >= 11 is 14.5. The molecule has 4 nitrogen and oxygen atoms in total. The molecule has 1 radical (unpaired) electrons. The molecule has 0 aromatic rings. The minimum absolute atomic E-state index is 0. The summed E-state index contributed by atoms with van der Waals surface area (Å²) in [6.07, 6.45) is 0. The Morgan fingerprint density at radius 1 is 0.636 bits per heavy atom. The van der Waals surface area contributed by atoms with E-state index in [-0.39, 0.29) is 22.4 Å². The molecule has 0 saturated carbocycles. The SMILES string of the molecule is [Au+4].[O-]S([O-])(=S)=S.[O-]S([O-])(=S)=S. The van der Waals surface area contributed by atoms with Gasteiger partial charge in [-0.3, -0.25) is 0 Å². The first-order chi connectivity index (χ1) is 4.00. The summed E-state index contributed by atoms with van der Waals surface area (Å²) in [4.78, 5) is 0. The third kappa shape index (κ3) is 269. The molecule has 11 heteroatoms. The Kier molecular flexibility index (Phi) is 12.9. The fourth-order valence-corrected chi connectivity index (χ4v) is 0. The number of hydrogen-bond donors (Lipinski definition) is 0. The van der Waals surface area contributed by atoms with Crippen LogP contribution in [0.25, 0.3) is 0 Å². The van der Waals surface area contributed by atoms with Gasteiger partial charge in [-0.2, -0.15) is 0 Å². The molecule has 0 rings (SSSR count). The van der Waals surface area contributed by atoms with E-state index >= 15 is 0 Å². The van der Waals surface area contributed by atoms with Gasteiger partial charge in [-0.15, -0.1) is 0 Å². The largest absolute Gasteiger partial charge is 4.00 e. The molecule has 0 aromatic carbocycles. The third-order valence-electron chi connectivity index (χ3n) is 0. The Labute approximate surface area is 99.6 Å². The van der Waals surface area contributed by atoms with Crippen LogP contribution in [0.3, 0.4) is 0 Å². The van der Waals surface area contributed by atoms with Crippen LogP contribution in [0, 0.1) is 0 Å². The maximum absolute atomic E-state index is 9.26. The van der Waals surface area contributed by atoms with Gasteiger partial charge in [0.1, 0.15) is 0 Å². The second-order valence-electron chi connectivity index (χ2n) is 0.816. The van der Waals surface area contributed by atoms with Crippen molar-refractivity contribution in [3.63, 3.8) is 0 Å². The van der Waals surface area contributed by atoms with Crippen LogP contribution in [0.1, 0.15) is 0 Å². The first-order valence-corrected chi connectivity index (χ1v) is 8.00. The van der Waals surface area contributed by atoms with Gasteiger partial charge in [0.15, 0.2) is 0 Å². The molecule has 0 N–H and O–H groups in total. The van der Waals surface area contributed by atoms with Gasteiger partial charge in [0.25, 0.3) is 0 Å². The van der Waals surface area contributed by atoms with Crippen LogP contribution >= 0.6 is 0 Å². The Balaban J connectivity index is -0.000000107. The van der Waals surface area contributed by atoms with Crippen LogP contribution in [0.2, 0.25) is 0 Å². The Morgan fingerprint density at radius 2 is 0.636 bits per heavy atom. The summed E-state index contributed by atoms with van der Waals surface area (Å²) < 4.78 is 37.0. The van der Waals surface area contributed by atoms with Gasteiger partial charge < -0.3 is 18.2 Å². The average molecular weight is 453 g/mol. The van der Waals surface area contributed by atoms with Crippen LogP contribution in [0.15, 0.2) is 0 Å². The van der Waals surface area contributed by atoms with Gasteiger partial charge >= 0.3 is 22.4 Å². The van der Waals surface area contributed by atoms with Gasteiger partial charge in [0, 0.05) is 0 Å². The van der Waals surface area contributed by atoms with Crippen molar-refractivity contribution < 1.29 is 40.6 Å². The smallest absolute Gasteiger partial charge is 0.801 e. The summed E-state index contributed by atoms with van der Waals surface area (Å²) in [5.74, 6) is 0. The zero-order chi connectivity index (χ0) is 9.00. The Morgan fingerprint density at radius 3 is 0.636 bits per heavy atom. The number of hydrogen-bond acceptors (Lipinski definition) is 8. The van der Waals surface area contributed by atoms with Gasteiger partial charge in [-0.1, -0.05) is 44.8 Å². The molecule has 0 atom stereocenters. The van der Waals surface area contributed by atoms with Crippen molar-refractivity contribution in [1.82, 2.24) is 0 Å². The zero-order valence-corrected chi connectivity index (χ0v) is 11.4. The van der Waals surface area contributed by atoms with Crippen molar-refractivity contribution in [3.8, 4) is 0 Å². The van der Waals surface area contributed by atoms with E-state index < -0.39 is 15.4 Å². The molecule has 0 aliphatic carbocycles. The first kappa shape index (κ1) is 18.9. The van der Waals surface area contributed by atoms with E-state index in [1.807, 2.05) is 0 Å². The van der Waals surface area contributed by atoms with E-state index in [1.165, 1.54) is 0 Å². The van der Waals surface area contributed by atoms with Gasteiger partial charge in [0.05, 0.1) is 0 Å². The van der Waals surface area contributed by atoms with Gasteiger partial charge in [-0.25, -0.2) is 15.4 Å². The van der Waals surface area contributed by atoms with Crippen LogP contribution in [-0.2, 0) is 82.5 Å².